The highest BCUT2D eigenvalue weighted by Crippen LogP contribution is 2.34. The van der Waals surface area contributed by atoms with Gasteiger partial charge < -0.3 is 15.4 Å². The van der Waals surface area contributed by atoms with Gasteiger partial charge in [-0.1, -0.05) is 12.1 Å². The lowest BCUT2D eigenvalue weighted by Gasteiger charge is -2.35. The molecule has 168 valence electrons. The SMILES string of the molecule is CCOC(=O)C(NC(=O)c1ccccc1F)(Nc1ccc(S(N)(=O)=O)cc1)C(F)(F)F. The lowest BCUT2D eigenvalue weighted by molar-refractivity contribution is -0.204. The molecule has 0 spiro atoms. The molecule has 0 heterocycles. The number of anilines is 1. The summed E-state index contributed by atoms with van der Waals surface area (Å²) >= 11 is 0. The molecule has 1 unspecified atom stereocenters. The van der Waals surface area contributed by atoms with Crippen LogP contribution in [0.4, 0.5) is 23.2 Å². The summed E-state index contributed by atoms with van der Waals surface area (Å²) in [5.41, 5.74) is -4.97. The van der Waals surface area contributed by atoms with E-state index in [1.54, 1.807) is 0 Å². The summed E-state index contributed by atoms with van der Waals surface area (Å²) < 4.78 is 83.3. The number of benzene rings is 2. The van der Waals surface area contributed by atoms with Crippen LogP contribution in [0.1, 0.15) is 17.3 Å². The number of amides is 1. The second kappa shape index (κ2) is 8.89. The fourth-order valence-corrected chi connectivity index (χ4v) is 2.97. The highest BCUT2D eigenvalue weighted by atomic mass is 32.2. The van der Waals surface area contributed by atoms with Crippen molar-refractivity contribution < 1.29 is 40.3 Å². The van der Waals surface area contributed by atoms with E-state index in [4.69, 9.17) is 5.14 Å². The number of carbonyl (C=O) groups is 2. The maximum Gasteiger partial charge on any atom is 0.441 e. The van der Waals surface area contributed by atoms with Gasteiger partial charge in [0.2, 0.25) is 10.0 Å². The molecule has 0 aliphatic rings. The van der Waals surface area contributed by atoms with Crippen LogP contribution < -0.4 is 15.8 Å². The molecule has 0 aliphatic heterocycles. The number of alkyl halides is 3. The number of esters is 1. The first-order valence-corrected chi connectivity index (χ1v) is 10.1. The molecule has 4 N–H and O–H groups in total. The Hall–Kier alpha value is -3.19. The number of halogens is 4. The molecule has 2 aromatic carbocycles. The van der Waals surface area contributed by atoms with Crippen molar-refractivity contribution in [2.45, 2.75) is 23.7 Å². The smallest absolute Gasteiger partial charge is 0.441 e. The summed E-state index contributed by atoms with van der Waals surface area (Å²) in [6.45, 7) is 0.789. The largest absolute Gasteiger partial charge is 0.463 e. The molecule has 1 amide bonds. The fourth-order valence-electron chi connectivity index (χ4n) is 2.46. The van der Waals surface area contributed by atoms with E-state index in [9.17, 15) is 35.6 Å². The number of nitrogens with two attached hydrogens (primary N) is 1. The quantitative estimate of drug-likeness (QED) is 0.328. The fraction of sp³-hybridized carbons (Fsp3) is 0.222. The molecule has 0 saturated carbocycles. The number of sulfonamides is 1. The Kier molecular flexibility index (Phi) is 6.91. The Bertz CT molecular complexity index is 1070. The lowest BCUT2D eigenvalue weighted by atomic mass is 10.1. The van der Waals surface area contributed by atoms with Gasteiger partial charge in [0.15, 0.2) is 0 Å². The minimum atomic E-state index is -5.46. The first-order valence-electron chi connectivity index (χ1n) is 8.54. The second-order valence-corrected chi connectivity index (χ2v) is 7.66. The third-order valence-electron chi connectivity index (χ3n) is 3.94. The van der Waals surface area contributed by atoms with Gasteiger partial charge in [-0.25, -0.2) is 22.7 Å². The normalized spacial score (nSPS) is 13.7. The van der Waals surface area contributed by atoms with Gasteiger partial charge in [0, 0.05) is 5.69 Å². The Balaban J connectivity index is 2.54. The monoisotopic (exact) mass is 463 g/mol. The second-order valence-electron chi connectivity index (χ2n) is 6.10. The molecule has 1 atom stereocenters. The van der Waals surface area contributed by atoms with E-state index in [0.717, 1.165) is 36.4 Å². The molecular weight excluding hydrogens is 446 g/mol. The Labute approximate surface area is 174 Å². The Morgan fingerprint density at radius 2 is 1.65 bits per heavy atom. The van der Waals surface area contributed by atoms with Crippen LogP contribution >= 0.6 is 0 Å². The summed E-state index contributed by atoms with van der Waals surface area (Å²) in [6, 6.07) is 7.80. The molecule has 31 heavy (non-hydrogen) atoms. The zero-order valence-corrected chi connectivity index (χ0v) is 16.7. The van der Waals surface area contributed by atoms with Gasteiger partial charge in [0.25, 0.3) is 5.91 Å². The average molecular weight is 463 g/mol. The number of hydrogen-bond donors (Lipinski definition) is 3. The van der Waals surface area contributed by atoms with Crippen molar-refractivity contribution in [3.63, 3.8) is 0 Å². The van der Waals surface area contributed by atoms with Gasteiger partial charge >= 0.3 is 17.8 Å². The van der Waals surface area contributed by atoms with Crippen LogP contribution in [0.5, 0.6) is 0 Å². The van der Waals surface area contributed by atoms with Crippen LogP contribution in [-0.4, -0.2) is 38.7 Å². The summed E-state index contributed by atoms with van der Waals surface area (Å²) in [7, 11) is -4.13. The van der Waals surface area contributed by atoms with Crippen molar-refractivity contribution in [2.75, 3.05) is 11.9 Å². The number of carbonyl (C=O) groups excluding carboxylic acids is 2. The molecule has 13 heteroatoms. The summed E-state index contributed by atoms with van der Waals surface area (Å²) in [6.07, 6.45) is -5.46. The number of nitrogens with one attached hydrogen (secondary N) is 2. The molecule has 0 fully saturated rings. The van der Waals surface area contributed by atoms with Crippen LogP contribution in [0.15, 0.2) is 53.4 Å². The summed E-state index contributed by atoms with van der Waals surface area (Å²) in [5, 5.41) is 8.24. The maximum atomic E-state index is 14.1. The average Bonchev–Trinajstić information content (AvgIpc) is 2.66. The van der Waals surface area contributed by atoms with Crippen molar-refractivity contribution in [1.29, 1.82) is 0 Å². The van der Waals surface area contributed by atoms with Gasteiger partial charge in [0.1, 0.15) is 5.82 Å². The van der Waals surface area contributed by atoms with E-state index < -0.39 is 62.3 Å². The topological polar surface area (TPSA) is 128 Å². The number of ether oxygens (including phenoxy) is 1. The first kappa shape index (κ1) is 24.1. The van der Waals surface area contributed by atoms with Gasteiger partial charge in [-0.3, -0.25) is 4.79 Å². The number of rotatable bonds is 7. The summed E-state index contributed by atoms with van der Waals surface area (Å²) in [5.74, 6) is -4.57. The van der Waals surface area contributed by atoms with Crippen LogP contribution in [0.3, 0.4) is 0 Å². The van der Waals surface area contributed by atoms with E-state index in [2.05, 4.69) is 4.74 Å². The molecule has 0 bridgehead atoms. The first-order chi connectivity index (χ1) is 14.3. The van der Waals surface area contributed by atoms with Crippen molar-refractivity contribution in [1.82, 2.24) is 5.32 Å². The summed E-state index contributed by atoms with van der Waals surface area (Å²) in [4.78, 5) is 24.4. The number of hydrogen-bond acceptors (Lipinski definition) is 6. The maximum absolute atomic E-state index is 14.1. The highest BCUT2D eigenvalue weighted by molar-refractivity contribution is 7.89. The van der Waals surface area contributed by atoms with E-state index in [-0.39, 0.29) is 0 Å². The minimum Gasteiger partial charge on any atom is -0.463 e. The third kappa shape index (κ3) is 5.30. The van der Waals surface area contributed by atoms with Gasteiger partial charge in [-0.15, -0.1) is 0 Å². The van der Waals surface area contributed by atoms with Gasteiger partial charge in [-0.05, 0) is 43.3 Å². The molecule has 2 rings (SSSR count). The molecule has 0 aromatic heterocycles. The van der Waals surface area contributed by atoms with Crippen molar-refractivity contribution >= 4 is 27.6 Å². The van der Waals surface area contributed by atoms with Crippen LogP contribution in [-0.2, 0) is 19.6 Å². The minimum absolute atomic E-state index is 0.401. The number of primary sulfonamides is 1. The van der Waals surface area contributed by atoms with E-state index in [1.165, 1.54) is 24.4 Å². The zero-order chi connectivity index (χ0) is 23.4. The standard InChI is InChI=1S/C18H17F4N3O5S/c1-2-30-16(27)17(18(20,21)22,25-15(26)13-5-3-4-6-14(13)19)24-11-7-9-12(10-8-11)31(23,28)29/h3-10,24H,2H2,1H3,(H,25,26)(H2,23,28,29). The lowest BCUT2D eigenvalue weighted by Crippen LogP contribution is -2.69. The molecule has 0 radical (unpaired) electrons. The third-order valence-corrected chi connectivity index (χ3v) is 4.87. The van der Waals surface area contributed by atoms with E-state index in [1.807, 2.05) is 5.32 Å². The highest BCUT2D eigenvalue weighted by Gasteiger charge is 2.63. The zero-order valence-electron chi connectivity index (χ0n) is 15.9. The molecule has 0 aliphatic carbocycles. The van der Waals surface area contributed by atoms with Crippen molar-refractivity contribution in [3.8, 4) is 0 Å². The van der Waals surface area contributed by atoms with Crippen molar-refractivity contribution in [2.24, 2.45) is 5.14 Å². The molecule has 2 aromatic rings. The predicted molar refractivity (Wildman–Crippen MR) is 101 cm³/mol. The van der Waals surface area contributed by atoms with Crippen LogP contribution in [0.2, 0.25) is 0 Å². The van der Waals surface area contributed by atoms with Crippen molar-refractivity contribution in [3.05, 3.63) is 59.9 Å². The Morgan fingerprint density at radius 1 is 1.06 bits per heavy atom. The Morgan fingerprint density at radius 3 is 2.13 bits per heavy atom. The molecule has 8 nitrogen and oxygen atoms in total. The molecular formula is C18H17F4N3O5S. The van der Waals surface area contributed by atoms with E-state index >= 15 is 0 Å². The molecule has 0 saturated heterocycles. The van der Waals surface area contributed by atoms with Crippen LogP contribution in [0, 0.1) is 5.82 Å². The van der Waals surface area contributed by atoms with E-state index in [0.29, 0.717) is 0 Å². The van der Waals surface area contributed by atoms with Crippen LogP contribution in [0.25, 0.3) is 0 Å². The van der Waals surface area contributed by atoms with Gasteiger partial charge in [0.05, 0.1) is 17.1 Å². The predicted octanol–water partition coefficient (Wildman–Crippen LogP) is 2.14. The van der Waals surface area contributed by atoms with Gasteiger partial charge in [-0.2, -0.15) is 13.2 Å².